The highest BCUT2D eigenvalue weighted by Gasteiger charge is 2.37. The molecular weight excluding hydrogens is 407 g/mol. The molecule has 0 spiro atoms. The maximum atomic E-state index is 12.5. The average molecular weight is 439 g/mol. The number of nitrogens with zero attached hydrogens (tertiary/aromatic N) is 3. The summed E-state index contributed by atoms with van der Waals surface area (Å²) in [6.07, 6.45) is 7.57. The van der Waals surface area contributed by atoms with Gasteiger partial charge in [-0.3, -0.25) is 0 Å². The van der Waals surface area contributed by atoms with Gasteiger partial charge in [-0.05, 0) is 49.5 Å². The smallest absolute Gasteiger partial charge is 0.224 e. The lowest BCUT2D eigenvalue weighted by Crippen LogP contribution is -2.47. The highest BCUT2D eigenvalue weighted by molar-refractivity contribution is 5.53. The fraction of sp³-hybridized carbons (Fsp3) is 0.542. The number of hydrogen-bond donors (Lipinski definition) is 3. The van der Waals surface area contributed by atoms with Gasteiger partial charge in [0.15, 0.2) is 0 Å². The molecule has 2 bridgehead atoms. The molecule has 7 nitrogen and oxygen atoms in total. The molecule has 0 amide bonds. The summed E-state index contributed by atoms with van der Waals surface area (Å²) in [4.78, 5) is 8.81. The molecule has 170 valence electrons. The van der Waals surface area contributed by atoms with Gasteiger partial charge in [-0.15, -0.1) is 0 Å². The highest BCUT2D eigenvalue weighted by atomic mass is 19.1. The van der Waals surface area contributed by atoms with E-state index in [1.54, 1.807) is 0 Å². The highest BCUT2D eigenvalue weighted by Crippen LogP contribution is 2.41. The minimum atomic E-state index is -0.538. The summed E-state index contributed by atoms with van der Waals surface area (Å²) >= 11 is 0. The number of nitrogens with two attached hydrogens (primary N) is 1. The number of aromatic nitrogens is 2. The van der Waals surface area contributed by atoms with E-state index in [0.29, 0.717) is 53.4 Å². The Morgan fingerprint density at radius 2 is 1.97 bits per heavy atom. The standard InChI is InChI=1S/C24H31FN6O/c25-8-9-32-21-7-2-1-4-19(21)14-29-24-30-15-20(12-26)23(31-24)28-13-16-10-17-5-3-6-18(11-16)22(17)27/h1-2,4,7,15-18,22H,3,5-6,8-11,13-14,27H2,(H2,28,29,30,31)/t16?,17-,18+,22-. The quantitative estimate of drug-likeness (QED) is 0.545. The second-order valence-electron chi connectivity index (χ2n) is 8.81. The van der Waals surface area contributed by atoms with Gasteiger partial charge in [0, 0.05) is 24.7 Å². The van der Waals surface area contributed by atoms with Crippen molar-refractivity contribution < 1.29 is 9.13 Å². The maximum absolute atomic E-state index is 12.5. The third-order valence-electron chi connectivity index (χ3n) is 6.72. The molecule has 2 saturated carbocycles. The first-order valence-corrected chi connectivity index (χ1v) is 11.4. The van der Waals surface area contributed by atoms with E-state index in [-0.39, 0.29) is 6.61 Å². The number of nitrogens with one attached hydrogen (secondary N) is 2. The molecule has 1 unspecified atom stereocenters. The number of rotatable bonds is 9. The van der Waals surface area contributed by atoms with E-state index in [0.717, 1.165) is 24.9 Å². The van der Waals surface area contributed by atoms with Crippen molar-refractivity contribution in [3.05, 3.63) is 41.6 Å². The van der Waals surface area contributed by atoms with Crippen LogP contribution in [0.2, 0.25) is 0 Å². The fourth-order valence-electron chi connectivity index (χ4n) is 5.12. The lowest BCUT2D eigenvalue weighted by atomic mass is 9.65. The Morgan fingerprint density at radius 3 is 2.72 bits per heavy atom. The Kier molecular flexibility index (Phi) is 7.38. The van der Waals surface area contributed by atoms with Gasteiger partial charge < -0.3 is 21.1 Å². The van der Waals surface area contributed by atoms with Crippen molar-refractivity contribution in [2.24, 2.45) is 23.5 Å². The molecule has 0 saturated heterocycles. The van der Waals surface area contributed by atoms with Gasteiger partial charge in [-0.1, -0.05) is 24.6 Å². The second-order valence-corrected chi connectivity index (χ2v) is 8.81. The molecule has 2 aromatic rings. The zero-order valence-electron chi connectivity index (χ0n) is 18.3. The molecule has 4 rings (SSSR count). The summed E-state index contributed by atoms with van der Waals surface area (Å²) in [6, 6.07) is 9.99. The number of alkyl halides is 1. The number of para-hydroxylation sites is 1. The summed E-state index contributed by atoms with van der Waals surface area (Å²) < 4.78 is 17.9. The van der Waals surface area contributed by atoms with Crippen molar-refractivity contribution in [2.75, 3.05) is 30.5 Å². The van der Waals surface area contributed by atoms with E-state index >= 15 is 0 Å². The number of anilines is 2. The Labute approximate surface area is 188 Å². The number of hydrogen-bond acceptors (Lipinski definition) is 7. The number of halogens is 1. The molecule has 4 N–H and O–H groups in total. The first kappa shape index (κ1) is 22.3. The molecule has 8 heteroatoms. The predicted octanol–water partition coefficient (Wildman–Crippen LogP) is 3.87. The van der Waals surface area contributed by atoms with E-state index in [4.69, 9.17) is 10.5 Å². The normalized spacial score (nSPS) is 24.4. The Hall–Kier alpha value is -2.92. The van der Waals surface area contributed by atoms with Crippen LogP contribution in [0.3, 0.4) is 0 Å². The van der Waals surface area contributed by atoms with Crippen molar-refractivity contribution in [3.63, 3.8) is 0 Å². The van der Waals surface area contributed by atoms with Crippen LogP contribution in [-0.4, -0.2) is 35.8 Å². The molecule has 1 heterocycles. The van der Waals surface area contributed by atoms with Crippen molar-refractivity contribution in [1.29, 1.82) is 5.26 Å². The average Bonchev–Trinajstić information content (AvgIpc) is 2.81. The molecule has 2 aliphatic carbocycles. The monoisotopic (exact) mass is 438 g/mol. The largest absolute Gasteiger partial charge is 0.491 e. The van der Waals surface area contributed by atoms with Crippen molar-refractivity contribution >= 4 is 11.8 Å². The predicted molar refractivity (Wildman–Crippen MR) is 122 cm³/mol. The number of ether oxygens (including phenoxy) is 1. The van der Waals surface area contributed by atoms with E-state index < -0.39 is 6.67 Å². The second kappa shape index (κ2) is 10.6. The van der Waals surface area contributed by atoms with Crippen LogP contribution in [0.4, 0.5) is 16.2 Å². The van der Waals surface area contributed by atoms with Crippen molar-refractivity contribution in [1.82, 2.24) is 9.97 Å². The van der Waals surface area contributed by atoms with Crippen LogP contribution in [0.15, 0.2) is 30.5 Å². The summed E-state index contributed by atoms with van der Waals surface area (Å²) in [7, 11) is 0. The Morgan fingerprint density at radius 1 is 1.19 bits per heavy atom. The first-order chi connectivity index (χ1) is 15.7. The Balaban J connectivity index is 1.38. The summed E-state index contributed by atoms with van der Waals surface area (Å²) in [5.74, 6) is 3.38. The number of fused-ring (bicyclic) bond motifs is 2. The third-order valence-corrected chi connectivity index (χ3v) is 6.72. The lowest BCUT2D eigenvalue weighted by Gasteiger charge is -2.44. The topological polar surface area (TPSA) is 109 Å². The maximum Gasteiger partial charge on any atom is 0.224 e. The number of nitriles is 1. The van der Waals surface area contributed by atoms with Gasteiger partial charge in [0.2, 0.25) is 5.95 Å². The molecule has 1 aromatic carbocycles. The Bertz CT molecular complexity index is 934. The minimum absolute atomic E-state index is 0.0201. The van der Waals surface area contributed by atoms with Crippen LogP contribution in [0.5, 0.6) is 5.75 Å². The summed E-state index contributed by atoms with van der Waals surface area (Å²) in [5, 5.41) is 16.1. The molecule has 2 aliphatic rings. The lowest BCUT2D eigenvalue weighted by molar-refractivity contribution is 0.112. The van der Waals surface area contributed by atoms with Crippen molar-refractivity contribution in [3.8, 4) is 11.8 Å². The van der Waals surface area contributed by atoms with Crippen LogP contribution in [0.1, 0.15) is 43.2 Å². The number of benzene rings is 1. The van der Waals surface area contributed by atoms with E-state index in [1.807, 2.05) is 24.3 Å². The molecular formula is C24H31FN6O. The van der Waals surface area contributed by atoms with Gasteiger partial charge in [0.05, 0.1) is 6.20 Å². The molecule has 2 fully saturated rings. The van der Waals surface area contributed by atoms with Gasteiger partial charge in [0.25, 0.3) is 0 Å². The van der Waals surface area contributed by atoms with Crippen LogP contribution in [0, 0.1) is 29.1 Å². The SMILES string of the molecule is N#Cc1cnc(NCc2ccccc2OCCF)nc1NCC1C[C@H]2CCC[C@@H](C1)[C@@H]2N. The summed E-state index contributed by atoms with van der Waals surface area (Å²) in [5.41, 5.74) is 7.73. The molecule has 0 aliphatic heterocycles. The van der Waals surface area contributed by atoms with Crippen LogP contribution in [0.25, 0.3) is 0 Å². The van der Waals surface area contributed by atoms with Gasteiger partial charge in [0.1, 0.15) is 36.5 Å². The minimum Gasteiger partial charge on any atom is -0.491 e. The molecule has 32 heavy (non-hydrogen) atoms. The van der Waals surface area contributed by atoms with Gasteiger partial charge >= 0.3 is 0 Å². The molecule has 1 aromatic heterocycles. The van der Waals surface area contributed by atoms with Gasteiger partial charge in [-0.2, -0.15) is 10.2 Å². The van der Waals surface area contributed by atoms with Crippen LogP contribution < -0.4 is 21.1 Å². The zero-order valence-corrected chi connectivity index (χ0v) is 18.3. The molecule has 0 radical (unpaired) electrons. The first-order valence-electron chi connectivity index (χ1n) is 11.4. The molecule has 4 atom stereocenters. The van der Waals surface area contributed by atoms with Crippen LogP contribution in [-0.2, 0) is 6.54 Å². The third kappa shape index (κ3) is 5.28. The van der Waals surface area contributed by atoms with E-state index in [1.165, 1.54) is 25.5 Å². The van der Waals surface area contributed by atoms with Crippen LogP contribution >= 0.6 is 0 Å². The van der Waals surface area contributed by atoms with E-state index in [9.17, 15) is 9.65 Å². The fourth-order valence-corrected chi connectivity index (χ4v) is 5.12. The van der Waals surface area contributed by atoms with Crippen molar-refractivity contribution in [2.45, 2.75) is 44.7 Å². The van der Waals surface area contributed by atoms with Gasteiger partial charge in [-0.25, -0.2) is 9.37 Å². The van der Waals surface area contributed by atoms with E-state index in [2.05, 4.69) is 26.7 Å². The summed E-state index contributed by atoms with van der Waals surface area (Å²) in [6.45, 7) is 0.693. The zero-order chi connectivity index (χ0) is 22.3.